The third kappa shape index (κ3) is 5.40. The van der Waals surface area contributed by atoms with Crippen molar-refractivity contribution >= 4 is 40.1 Å². The van der Waals surface area contributed by atoms with E-state index in [9.17, 15) is 9.59 Å². The van der Waals surface area contributed by atoms with E-state index < -0.39 is 0 Å². The molecule has 1 aliphatic rings. The molecule has 3 aromatic rings. The summed E-state index contributed by atoms with van der Waals surface area (Å²) >= 11 is 6.12. The molecule has 4 rings (SSSR count). The molecule has 0 radical (unpaired) electrons. The van der Waals surface area contributed by atoms with Gasteiger partial charge in [0.1, 0.15) is 12.3 Å². The first-order valence-electron chi connectivity index (χ1n) is 10.9. The molecule has 1 aliphatic heterocycles. The third-order valence-electron chi connectivity index (χ3n) is 5.89. The summed E-state index contributed by atoms with van der Waals surface area (Å²) in [4.78, 5) is 29.5. The normalized spacial score (nSPS) is 14.3. The average molecular weight is 470 g/mol. The second-order valence-corrected chi connectivity index (χ2v) is 8.54. The van der Waals surface area contributed by atoms with Crippen LogP contribution in [0.3, 0.4) is 0 Å². The van der Waals surface area contributed by atoms with Gasteiger partial charge in [-0.3, -0.25) is 4.79 Å². The van der Waals surface area contributed by atoms with E-state index in [4.69, 9.17) is 16.3 Å². The molecular weight excluding hydrogens is 442 g/mol. The molecular formula is C24H28ClN5O3. The Morgan fingerprint density at radius 3 is 2.58 bits per heavy atom. The molecule has 0 saturated carbocycles. The van der Waals surface area contributed by atoms with E-state index in [-0.39, 0.29) is 25.0 Å². The van der Waals surface area contributed by atoms with E-state index in [0.29, 0.717) is 16.5 Å². The monoisotopic (exact) mass is 469 g/mol. The van der Waals surface area contributed by atoms with Crippen molar-refractivity contribution in [3.63, 3.8) is 0 Å². The number of para-hydroxylation sites is 1. The van der Waals surface area contributed by atoms with Crippen LogP contribution >= 0.6 is 11.6 Å². The second kappa shape index (κ2) is 10.1. The van der Waals surface area contributed by atoms with E-state index in [1.807, 2.05) is 33.9 Å². The van der Waals surface area contributed by atoms with Crippen LogP contribution in [-0.4, -0.2) is 66.6 Å². The topological polar surface area (TPSA) is 78.8 Å². The lowest BCUT2D eigenvalue weighted by molar-refractivity contribution is -0.133. The number of nitrogens with zero attached hydrogens (tertiary/aromatic N) is 3. The number of amides is 3. The van der Waals surface area contributed by atoms with E-state index in [1.165, 1.54) is 0 Å². The second-order valence-electron chi connectivity index (χ2n) is 8.14. The van der Waals surface area contributed by atoms with E-state index >= 15 is 0 Å². The van der Waals surface area contributed by atoms with Crippen molar-refractivity contribution in [1.82, 2.24) is 19.7 Å². The molecule has 1 saturated heterocycles. The number of nitrogens with one attached hydrogen (secondary N) is 2. The molecule has 0 unspecified atom stereocenters. The van der Waals surface area contributed by atoms with Crippen LogP contribution in [0.2, 0.25) is 5.02 Å². The van der Waals surface area contributed by atoms with Gasteiger partial charge in [-0.1, -0.05) is 23.7 Å². The van der Waals surface area contributed by atoms with Gasteiger partial charge in [-0.25, -0.2) is 4.79 Å². The number of piperazine rings is 1. The van der Waals surface area contributed by atoms with Crippen LogP contribution in [0.4, 0.5) is 10.5 Å². The van der Waals surface area contributed by atoms with E-state index in [2.05, 4.69) is 22.6 Å². The Morgan fingerprint density at radius 2 is 1.85 bits per heavy atom. The van der Waals surface area contributed by atoms with Crippen LogP contribution in [-0.2, 0) is 17.9 Å². The minimum atomic E-state index is -0.361. The van der Waals surface area contributed by atoms with Crippen molar-refractivity contribution < 1.29 is 14.3 Å². The summed E-state index contributed by atoms with van der Waals surface area (Å²) < 4.78 is 7.33. The summed E-state index contributed by atoms with van der Waals surface area (Å²) in [5.41, 5.74) is 2.35. The number of carbonyl (C=O) groups is 2. The molecule has 2 aromatic carbocycles. The molecule has 9 heteroatoms. The third-order valence-corrected chi connectivity index (χ3v) is 6.22. The highest BCUT2D eigenvalue weighted by atomic mass is 35.5. The fourth-order valence-corrected chi connectivity index (χ4v) is 4.14. The number of hydrogen-bond donors (Lipinski definition) is 2. The number of urea groups is 1. The number of methoxy groups -OCH3 is 1. The van der Waals surface area contributed by atoms with Crippen molar-refractivity contribution in [3.05, 3.63) is 59.2 Å². The first kappa shape index (κ1) is 22.9. The molecule has 174 valence electrons. The summed E-state index contributed by atoms with van der Waals surface area (Å²) in [6.45, 7) is 3.77. The molecule has 8 nitrogen and oxygen atoms in total. The number of ether oxygens (including phenoxy) is 1. The van der Waals surface area contributed by atoms with Crippen LogP contribution in [0.1, 0.15) is 5.56 Å². The van der Waals surface area contributed by atoms with Gasteiger partial charge in [0.25, 0.3) is 0 Å². The lowest BCUT2D eigenvalue weighted by Gasteiger charge is -2.32. The zero-order valence-corrected chi connectivity index (χ0v) is 19.6. The zero-order valence-electron chi connectivity index (χ0n) is 18.8. The number of carbonyl (C=O) groups excluding carboxylic acids is 2. The Balaban J connectivity index is 1.50. The molecule has 0 atom stereocenters. The highest BCUT2D eigenvalue weighted by Crippen LogP contribution is 2.27. The predicted molar refractivity (Wildman–Crippen MR) is 130 cm³/mol. The Hall–Kier alpha value is -3.23. The summed E-state index contributed by atoms with van der Waals surface area (Å²) in [7, 11) is 3.68. The summed E-state index contributed by atoms with van der Waals surface area (Å²) in [5, 5.41) is 7.03. The van der Waals surface area contributed by atoms with Gasteiger partial charge in [0.2, 0.25) is 5.91 Å². The Bertz CT molecular complexity index is 1150. The first-order chi connectivity index (χ1) is 15.9. The minimum absolute atomic E-state index is 0.0896. The fraction of sp³-hybridized carbons (Fsp3) is 0.333. The van der Waals surface area contributed by atoms with Gasteiger partial charge in [0.15, 0.2) is 0 Å². The fourth-order valence-electron chi connectivity index (χ4n) is 3.95. The van der Waals surface area contributed by atoms with Crippen LogP contribution in [0, 0.1) is 0 Å². The molecule has 2 heterocycles. The van der Waals surface area contributed by atoms with Gasteiger partial charge >= 0.3 is 6.03 Å². The average Bonchev–Trinajstić information content (AvgIpc) is 3.16. The minimum Gasteiger partial charge on any atom is -0.497 e. The Labute approximate surface area is 198 Å². The van der Waals surface area contributed by atoms with Crippen molar-refractivity contribution in [2.45, 2.75) is 13.1 Å². The van der Waals surface area contributed by atoms with Gasteiger partial charge in [-0.2, -0.15) is 0 Å². The summed E-state index contributed by atoms with van der Waals surface area (Å²) in [6, 6.07) is 12.4. The van der Waals surface area contributed by atoms with Gasteiger partial charge in [-0.15, -0.1) is 0 Å². The van der Waals surface area contributed by atoms with Crippen LogP contribution < -0.4 is 15.4 Å². The molecule has 1 aromatic heterocycles. The van der Waals surface area contributed by atoms with Gasteiger partial charge in [0, 0.05) is 49.8 Å². The maximum absolute atomic E-state index is 12.9. The van der Waals surface area contributed by atoms with Crippen molar-refractivity contribution in [3.8, 4) is 5.75 Å². The molecule has 2 N–H and O–H groups in total. The highest BCUT2D eigenvalue weighted by molar-refractivity contribution is 6.33. The van der Waals surface area contributed by atoms with E-state index in [0.717, 1.165) is 42.6 Å². The molecule has 0 bridgehead atoms. The van der Waals surface area contributed by atoms with Gasteiger partial charge < -0.3 is 29.7 Å². The number of hydrogen-bond acceptors (Lipinski definition) is 4. The maximum Gasteiger partial charge on any atom is 0.319 e. The maximum atomic E-state index is 12.9. The van der Waals surface area contributed by atoms with E-state index in [1.54, 1.807) is 31.4 Å². The number of likely N-dealkylation sites (N-methyl/N-ethyl adjacent to an activating group) is 1. The number of anilines is 1. The number of aromatic nitrogens is 1. The Kier molecular flexibility index (Phi) is 7.05. The predicted octanol–water partition coefficient (Wildman–Crippen LogP) is 3.40. The Morgan fingerprint density at radius 1 is 1.09 bits per heavy atom. The summed E-state index contributed by atoms with van der Waals surface area (Å²) in [5.74, 6) is 0.805. The number of benzene rings is 2. The summed E-state index contributed by atoms with van der Waals surface area (Å²) in [6.07, 6.45) is 1.92. The molecule has 0 spiro atoms. The lowest BCUT2D eigenvalue weighted by atomic mass is 10.1. The first-order valence-corrected chi connectivity index (χ1v) is 11.2. The number of halogens is 1. The smallest absolute Gasteiger partial charge is 0.319 e. The van der Waals surface area contributed by atoms with Crippen LogP contribution in [0.15, 0.2) is 48.7 Å². The standard InChI is InChI=1S/C24H28ClN5O3/c1-28-9-11-29(12-10-28)23(31)16-30-15-17(19-13-18(33-2)7-8-22(19)30)14-26-24(32)27-21-6-4-3-5-20(21)25/h3-8,13,15H,9-12,14,16H2,1-2H3,(H2,26,27,32). The highest BCUT2D eigenvalue weighted by Gasteiger charge is 2.20. The van der Waals surface area contributed by atoms with Crippen molar-refractivity contribution in [1.29, 1.82) is 0 Å². The van der Waals surface area contributed by atoms with Crippen LogP contribution in [0.5, 0.6) is 5.75 Å². The zero-order chi connectivity index (χ0) is 23.4. The van der Waals surface area contributed by atoms with Crippen molar-refractivity contribution in [2.75, 3.05) is 45.7 Å². The largest absolute Gasteiger partial charge is 0.497 e. The van der Waals surface area contributed by atoms with Gasteiger partial charge in [0.05, 0.1) is 17.8 Å². The van der Waals surface area contributed by atoms with Crippen molar-refractivity contribution in [2.24, 2.45) is 0 Å². The molecule has 0 aliphatic carbocycles. The number of rotatable bonds is 6. The van der Waals surface area contributed by atoms with Crippen LogP contribution in [0.25, 0.3) is 10.9 Å². The number of fused-ring (bicyclic) bond motifs is 1. The quantitative estimate of drug-likeness (QED) is 0.580. The molecule has 1 fully saturated rings. The molecule has 33 heavy (non-hydrogen) atoms. The molecule has 3 amide bonds. The SMILES string of the molecule is COc1ccc2c(c1)c(CNC(=O)Nc1ccccc1Cl)cn2CC(=O)N1CCN(C)CC1. The van der Waals surface area contributed by atoms with Gasteiger partial charge in [-0.05, 0) is 42.9 Å². The lowest BCUT2D eigenvalue weighted by Crippen LogP contribution is -2.48.